The molecule has 1 aromatic heterocycles. The van der Waals surface area contributed by atoms with E-state index in [1.165, 1.54) is 11.8 Å². The van der Waals surface area contributed by atoms with E-state index in [1.54, 1.807) is 21.3 Å². The Morgan fingerprint density at radius 1 is 1.10 bits per heavy atom. The van der Waals surface area contributed by atoms with E-state index in [0.29, 0.717) is 23.8 Å². The number of fused-ring (bicyclic) bond motifs is 1. The number of rotatable bonds is 9. The Morgan fingerprint density at radius 3 is 2.41 bits per heavy atom. The molecule has 3 rings (SSSR count). The van der Waals surface area contributed by atoms with Gasteiger partial charge in [0.25, 0.3) is 0 Å². The van der Waals surface area contributed by atoms with Crippen LogP contribution in [0.3, 0.4) is 0 Å². The van der Waals surface area contributed by atoms with E-state index in [-0.39, 0.29) is 11.7 Å². The zero-order chi connectivity index (χ0) is 20.8. The Bertz CT molecular complexity index is 978. The van der Waals surface area contributed by atoms with E-state index in [0.717, 1.165) is 28.3 Å². The summed E-state index contributed by atoms with van der Waals surface area (Å²) in [4.78, 5) is 17.0. The van der Waals surface area contributed by atoms with Crippen LogP contribution < -0.4 is 19.5 Å². The van der Waals surface area contributed by atoms with Crippen molar-refractivity contribution in [3.63, 3.8) is 0 Å². The van der Waals surface area contributed by atoms with Gasteiger partial charge in [0.15, 0.2) is 16.7 Å². The Kier molecular flexibility index (Phi) is 6.87. The molecular weight excluding hydrogens is 390 g/mol. The molecule has 2 aromatic carbocycles. The molecule has 0 spiro atoms. The van der Waals surface area contributed by atoms with Gasteiger partial charge in [-0.15, -0.1) is 0 Å². The Morgan fingerprint density at radius 2 is 1.79 bits per heavy atom. The van der Waals surface area contributed by atoms with Crippen molar-refractivity contribution in [2.24, 2.45) is 0 Å². The Labute approximate surface area is 174 Å². The first-order valence-electron chi connectivity index (χ1n) is 9.24. The average molecular weight is 416 g/mol. The molecule has 0 atom stereocenters. The molecule has 0 aliphatic rings. The molecule has 0 fully saturated rings. The van der Waals surface area contributed by atoms with Gasteiger partial charge in [-0.2, -0.15) is 0 Å². The molecule has 1 amide bonds. The number of hydrogen-bond donors (Lipinski definition) is 1. The summed E-state index contributed by atoms with van der Waals surface area (Å²) in [5.41, 5.74) is 2.88. The van der Waals surface area contributed by atoms with Crippen LogP contribution in [-0.2, 0) is 17.9 Å². The predicted molar refractivity (Wildman–Crippen MR) is 114 cm³/mol. The number of thioether (sulfide) groups is 1. The number of hydrogen-bond acceptors (Lipinski definition) is 6. The van der Waals surface area contributed by atoms with Crippen molar-refractivity contribution >= 4 is 28.7 Å². The van der Waals surface area contributed by atoms with Crippen LogP contribution in [0.4, 0.5) is 0 Å². The van der Waals surface area contributed by atoms with Gasteiger partial charge in [0.1, 0.15) is 0 Å². The number of imidazole rings is 1. The number of amides is 1. The number of aryl methyl sites for hydroxylation is 1. The van der Waals surface area contributed by atoms with Gasteiger partial charge < -0.3 is 24.1 Å². The molecule has 0 bridgehead atoms. The third kappa shape index (κ3) is 4.59. The highest BCUT2D eigenvalue weighted by Gasteiger charge is 2.15. The maximum Gasteiger partial charge on any atom is 0.230 e. The van der Waals surface area contributed by atoms with Gasteiger partial charge in [0, 0.05) is 13.1 Å². The van der Waals surface area contributed by atoms with Gasteiger partial charge in [-0.1, -0.05) is 23.9 Å². The summed E-state index contributed by atoms with van der Waals surface area (Å²) in [6, 6.07) is 11.6. The summed E-state index contributed by atoms with van der Waals surface area (Å²) in [5, 5.41) is 3.78. The van der Waals surface area contributed by atoms with E-state index in [1.807, 2.05) is 36.4 Å². The lowest BCUT2D eigenvalue weighted by Gasteiger charge is -2.14. The first-order chi connectivity index (χ1) is 14.1. The lowest BCUT2D eigenvalue weighted by Crippen LogP contribution is -2.24. The third-order valence-corrected chi connectivity index (χ3v) is 5.46. The molecule has 154 valence electrons. The Hall–Kier alpha value is -2.87. The zero-order valence-electron chi connectivity index (χ0n) is 17.0. The summed E-state index contributed by atoms with van der Waals surface area (Å²) in [6.07, 6.45) is 0. The number of carbonyl (C=O) groups is 1. The smallest absolute Gasteiger partial charge is 0.230 e. The fourth-order valence-electron chi connectivity index (χ4n) is 3.09. The van der Waals surface area contributed by atoms with Crippen molar-refractivity contribution in [1.29, 1.82) is 0 Å². The van der Waals surface area contributed by atoms with Crippen molar-refractivity contribution in [3.05, 3.63) is 42.0 Å². The van der Waals surface area contributed by atoms with Crippen molar-refractivity contribution in [1.82, 2.24) is 14.9 Å². The largest absolute Gasteiger partial charge is 0.493 e. The summed E-state index contributed by atoms with van der Waals surface area (Å²) in [5.74, 6) is 1.86. The highest BCUT2D eigenvalue weighted by Crippen LogP contribution is 2.38. The van der Waals surface area contributed by atoms with Gasteiger partial charge in [-0.05, 0) is 36.8 Å². The minimum Gasteiger partial charge on any atom is -0.493 e. The number of ether oxygens (including phenoxy) is 3. The quantitative estimate of drug-likeness (QED) is 0.539. The van der Waals surface area contributed by atoms with E-state index >= 15 is 0 Å². The van der Waals surface area contributed by atoms with Crippen LogP contribution in [0.1, 0.15) is 12.5 Å². The third-order valence-electron chi connectivity index (χ3n) is 4.48. The summed E-state index contributed by atoms with van der Waals surface area (Å²) in [7, 11) is 4.69. The molecular formula is C21H25N3O4S. The molecule has 0 radical (unpaired) electrons. The second kappa shape index (κ2) is 9.56. The molecule has 1 heterocycles. The molecule has 1 N–H and O–H groups in total. The number of nitrogens with zero attached hydrogens (tertiary/aromatic N) is 2. The molecule has 8 heteroatoms. The van der Waals surface area contributed by atoms with Crippen molar-refractivity contribution in [2.45, 2.75) is 25.2 Å². The van der Waals surface area contributed by atoms with Crippen molar-refractivity contribution in [3.8, 4) is 17.2 Å². The van der Waals surface area contributed by atoms with E-state index in [9.17, 15) is 4.79 Å². The molecule has 0 saturated heterocycles. The zero-order valence-corrected chi connectivity index (χ0v) is 17.8. The standard InChI is InChI=1S/C21H25N3O4S/c1-5-24-16-9-7-6-8-15(16)23-21(24)29-13-19(25)22-12-14-10-17(26-2)20(28-4)18(11-14)27-3/h6-11H,5,12-13H2,1-4H3,(H,22,25). The second-order valence-corrected chi connectivity index (χ2v) is 7.17. The normalized spacial score (nSPS) is 10.8. The van der Waals surface area contributed by atoms with Gasteiger partial charge >= 0.3 is 0 Å². The van der Waals surface area contributed by atoms with Gasteiger partial charge in [0.05, 0.1) is 38.1 Å². The SMILES string of the molecule is CCn1c(SCC(=O)NCc2cc(OC)c(OC)c(OC)c2)nc2ccccc21. The monoisotopic (exact) mass is 415 g/mol. The maximum atomic E-state index is 12.4. The minimum absolute atomic E-state index is 0.0709. The lowest BCUT2D eigenvalue weighted by molar-refractivity contribution is -0.118. The average Bonchev–Trinajstić information content (AvgIpc) is 3.12. The van der Waals surface area contributed by atoms with Crippen LogP contribution in [0.2, 0.25) is 0 Å². The van der Waals surface area contributed by atoms with Gasteiger partial charge in [-0.3, -0.25) is 4.79 Å². The summed E-state index contributed by atoms with van der Waals surface area (Å²) in [6.45, 7) is 3.24. The van der Waals surface area contributed by atoms with Crippen LogP contribution in [0.5, 0.6) is 17.2 Å². The number of benzene rings is 2. The van der Waals surface area contributed by atoms with Crippen LogP contribution in [-0.4, -0.2) is 42.5 Å². The van der Waals surface area contributed by atoms with Crippen LogP contribution in [0.25, 0.3) is 11.0 Å². The molecule has 29 heavy (non-hydrogen) atoms. The van der Waals surface area contributed by atoms with Crippen LogP contribution in [0.15, 0.2) is 41.6 Å². The van der Waals surface area contributed by atoms with Crippen molar-refractivity contribution < 1.29 is 19.0 Å². The van der Waals surface area contributed by atoms with Crippen molar-refractivity contribution in [2.75, 3.05) is 27.1 Å². The number of para-hydroxylation sites is 2. The number of methoxy groups -OCH3 is 3. The lowest BCUT2D eigenvalue weighted by atomic mass is 10.2. The molecule has 7 nitrogen and oxygen atoms in total. The van der Waals surface area contributed by atoms with E-state index in [4.69, 9.17) is 14.2 Å². The highest BCUT2D eigenvalue weighted by molar-refractivity contribution is 7.99. The minimum atomic E-state index is -0.0709. The van der Waals surface area contributed by atoms with Crippen LogP contribution >= 0.6 is 11.8 Å². The van der Waals surface area contributed by atoms with E-state index < -0.39 is 0 Å². The molecule has 0 aliphatic carbocycles. The topological polar surface area (TPSA) is 74.6 Å². The first-order valence-corrected chi connectivity index (χ1v) is 10.2. The Balaban J connectivity index is 1.64. The fourth-order valence-corrected chi connectivity index (χ4v) is 4.00. The molecule has 0 saturated carbocycles. The summed E-state index contributed by atoms with van der Waals surface area (Å²) < 4.78 is 18.1. The summed E-state index contributed by atoms with van der Waals surface area (Å²) >= 11 is 1.43. The van der Waals surface area contributed by atoms with Gasteiger partial charge in [0.2, 0.25) is 11.7 Å². The number of aromatic nitrogens is 2. The number of nitrogens with one attached hydrogen (secondary N) is 1. The molecule has 0 unspecified atom stereocenters. The van der Waals surface area contributed by atoms with Crippen LogP contribution in [0, 0.1) is 0 Å². The van der Waals surface area contributed by atoms with E-state index in [2.05, 4.69) is 21.8 Å². The fraction of sp³-hybridized carbons (Fsp3) is 0.333. The highest BCUT2D eigenvalue weighted by atomic mass is 32.2. The van der Waals surface area contributed by atoms with Gasteiger partial charge in [-0.25, -0.2) is 4.98 Å². The number of carbonyl (C=O) groups excluding carboxylic acids is 1. The molecule has 0 aliphatic heterocycles. The second-order valence-electron chi connectivity index (χ2n) is 6.23. The maximum absolute atomic E-state index is 12.4. The first kappa shape index (κ1) is 20.9. The molecule has 3 aromatic rings. The predicted octanol–water partition coefficient (Wildman–Crippen LogP) is 3.49.